The summed E-state index contributed by atoms with van der Waals surface area (Å²) in [5.41, 5.74) is 3.41. The lowest BCUT2D eigenvalue weighted by atomic mass is 9.69. The third kappa shape index (κ3) is 4.18. The summed E-state index contributed by atoms with van der Waals surface area (Å²) >= 11 is 0. The summed E-state index contributed by atoms with van der Waals surface area (Å²) in [6.45, 7) is 3.66. The molecule has 2 aromatic rings. The Morgan fingerprint density at radius 3 is 2.67 bits per heavy atom. The Bertz CT molecular complexity index is 872. The van der Waals surface area contributed by atoms with Gasteiger partial charge >= 0.3 is 6.18 Å². The van der Waals surface area contributed by atoms with Crippen LogP contribution in [0.25, 0.3) is 0 Å². The van der Waals surface area contributed by atoms with Gasteiger partial charge in [0.1, 0.15) is 0 Å². The number of alkyl halides is 3. The lowest BCUT2D eigenvalue weighted by Crippen LogP contribution is -2.39. The van der Waals surface area contributed by atoms with Crippen LogP contribution in [0.4, 0.5) is 13.2 Å². The summed E-state index contributed by atoms with van der Waals surface area (Å²) in [6, 6.07) is 11.0. The molecule has 2 heterocycles. The predicted octanol–water partition coefficient (Wildman–Crippen LogP) is 5.95. The van der Waals surface area contributed by atoms with Gasteiger partial charge in [-0.3, -0.25) is 4.84 Å². The second-order valence-corrected chi connectivity index (χ2v) is 8.53. The summed E-state index contributed by atoms with van der Waals surface area (Å²) in [6.07, 6.45) is 0.751. The van der Waals surface area contributed by atoms with Crippen molar-refractivity contribution in [2.45, 2.75) is 75.8 Å². The first-order chi connectivity index (χ1) is 14.3. The number of hydrogen-bond donors (Lipinski definition) is 1. The molecular weight excluding hydrogens is 393 g/mol. The number of nitrogens with one attached hydrogen (secondary N) is 1. The first-order valence-electron chi connectivity index (χ1n) is 10.5. The molecule has 4 nitrogen and oxygen atoms in total. The summed E-state index contributed by atoms with van der Waals surface area (Å²) in [4.78, 5) is 10.2. The van der Waals surface area contributed by atoms with Gasteiger partial charge in [0.25, 0.3) is 0 Å². The van der Waals surface area contributed by atoms with Crippen LogP contribution in [0.15, 0.2) is 42.6 Å². The van der Waals surface area contributed by atoms with Gasteiger partial charge in [0.15, 0.2) is 0 Å². The number of pyridine rings is 1. The second-order valence-electron chi connectivity index (χ2n) is 8.53. The van der Waals surface area contributed by atoms with Crippen LogP contribution in [0, 0.1) is 0 Å². The number of hydrogen-bond acceptors (Lipinski definition) is 4. The number of benzene rings is 1. The first-order valence-corrected chi connectivity index (χ1v) is 10.5. The largest absolute Gasteiger partial charge is 0.475 e. The standard InChI is InChI=1S/C23H27F3N2O2/c1-15(2)29-21-18(12-17(14-27-21)23(24,25)26)20-13-22(30-28-20)11-7-6-10-19(22)16-8-4-3-5-9-16/h3-5,8-9,12,14-15,19-20,28H,6-7,10-11,13H2,1-2H3/t19-,20-,22+/m0/s1. The molecule has 0 unspecified atom stereocenters. The van der Waals surface area contributed by atoms with Crippen molar-refractivity contribution in [3.8, 4) is 5.88 Å². The second kappa shape index (κ2) is 8.19. The van der Waals surface area contributed by atoms with E-state index in [1.54, 1.807) is 0 Å². The molecule has 1 aliphatic carbocycles. The van der Waals surface area contributed by atoms with Gasteiger partial charge in [-0.25, -0.2) is 4.98 Å². The minimum Gasteiger partial charge on any atom is -0.475 e. The normalized spacial score (nSPS) is 27.0. The highest BCUT2D eigenvalue weighted by atomic mass is 19.4. The fourth-order valence-corrected chi connectivity index (χ4v) is 4.72. The average Bonchev–Trinajstić information content (AvgIpc) is 3.12. The summed E-state index contributed by atoms with van der Waals surface area (Å²) in [5.74, 6) is 0.418. The van der Waals surface area contributed by atoms with Crippen molar-refractivity contribution in [2.75, 3.05) is 0 Å². The van der Waals surface area contributed by atoms with E-state index in [1.165, 1.54) is 5.56 Å². The van der Waals surface area contributed by atoms with Crippen molar-refractivity contribution in [2.24, 2.45) is 0 Å². The third-order valence-corrected chi connectivity index (χ3v) is 6.06. The Balaban J connectivity index is 1.67. The van der Waals surface area contributed by atoms with Crippen molar-refractivity contribution >= 4 is 0 Å². The van der Waals surface area contributed by atoms with Gasteiger partial charge in [-0.2, -0.15) is 18.7 Å². The Labute approximate surface area is 174 Å². The molecule has 0 bridgehead atoms. The molecule has 30 heavy (non-hydrogen) atoms. The maximum absolute atomic E-state index is 13.3. The number of halogens is 3. The van der Waals surface area contributed by atoms with E-state index in [4.69, 9.17) is 9.57 Å². The fraction of sp³-hybridized carbons (Fsp3) is 0.522. The zero-order valence-electron chi connectivity index (χ0n) is 17.2. The van der Waals surface area contributed by atoms with E-state index in [-0.39, 0.29) is 17.9 Å². The van der Waals surface area contributed by atoms with Crippen molar-refractivity contribution in [3.63, 3.8) is 0 Å². The molecule has 1 spiro atoms. The lowest BCUT2D eigenvalue weighted by molar-refractivity contribution is -0.138. The average molecular weight is 420 g/mol. The molecule has 3 atom stereocenters. The van der Waals surface area contributed by atoms with Gasteiger partial charge in [-0.05, 0) is 38.3 Å². The lowest BCUT2D eigenvalue weighted by Gasteiger charge is -2.40. The van der Waals surface area contributed by atoms with E-state index in [1.807, 2.05) is 32.0 Å². The van der Waals surface area contributed by atoms with Gasteiger partial charge in [0.05, 0.1) is 23.3 Å². The highest BCUT2D eigenvalue weighted by Crippen LogP contribution is 2.51. The van der Waals surface area contributed by atoms with Gasteiger partial charge < -0.3 is 4.74 Å². The van der Waals surface area contributed by atoms with Crippen LogP contribution < -0.4 is 10.2 Å². The zero-order valence-corrected chi connectivity index (χ0v) is 17.2. The molecule has 2 aliphatic rings. The SMILES string of the molecule is CC(C)Oc1ncc(C(F)(F)F)cc1[C@@H]1C[C@@]2(CCCC[C@H]2c2ccccc2)ON1. The molecule has 7 heteroatoms. The molecule has 2 fully saturated rings. The predicted molar refractivity (Wildman–Crippen MR) is 107 cm³/mol. The Morgan fingerprint density at radius 1 is 1.20 bits per heavy atom. The van der Waals surface area contributed by atoms with Gasteiger partial charge in [-0.1, -0.05) is 43.2 Å². The number of rotatable bonds is 4. The van der Waals surface area contributed by atoms with Crippen molar-refractivity contribution in [3.05, 3.63) is 59.3 Å². The summed E-state index contributed by atoms with van der Waals surface area (Å²) < 4.78 is 45.8. The first kappa shape index (κ1) is 21.1. The van der Waals surface area contributed by atoms with Crippen LogP contribution >= 0.6 is 0 Å². The molecule has 1 saturated carbocycles. The third-order valence-electron chi connectivity index (χ3n) is 6.06. The van der Waals surface area contributed by atoms with Crippen LogP contribution in [0.5, 0.6) is 5.88 Å². The molecule has 4 rings (SSSR count). The maximum Gasteiger partial charge on any atom is 0.417 e. The van der Waals surface area contributed by atoms with E-state index in [0.29, 0.717) is 12.0 Å². The van der Waals surface area contributed by atoms with Crippen molar-refractivity contribution in [1.29, 1.82) is 0 Å². The van der Waals surface area contributed by atoms with Crippen LogP contribution in [-0.4, -0.2) is 16.7 Å². The minimum atomic E-state index is -4.47. The smallest absolute Gasteiger partial charge is 0.417 e. The Morgan fingerprint density at radius 2 is 1.97 bits per heavy atom. The summed E-state index contributed by atoms with van der Waals surface area (Å²) in [5, 5.41) is 0. The van der Waals surface area contributed by atoms with E-state index < -0.39 is 23.4 Å². The van der Waals surface area contributed by atoms with Crippen LogP contribution in [0.3, 0.4) is 0 Å². The molecule has 1 saturated heterocycles. The van der Waals surface area contributed by atoms with E-state index in [9.17, 15) is 13.2 Å². The van der Waals surface area contributed by atoms with Crippen LogP contribution in [0.1, 0.15) is 74.6 Å². The molecule has 1 N–H and O–H groups in total. The van der Waals surface area contributed by atoms with Gasteiger partial charge in [-0.15, -0.1) is 0 Å². The molecule has 1 aromatic heterocycles. The van der Waals surface area contributed by atoms with E-state index in [2.05, 4.69) is 22.6 Å². The number of ether oxygens (including phenoxy) is 1. The maximum atomic E-state index is 13.3. The van der Waals surface area contributed by atoms with Gasteiger partial charge in [0.2, 0.25) is 5.88 Å². The molecule has 1 aromatic carbocycles. The number of aromatic nitrogens is 1. The molecule has 1 aliphatic heterocycles. The molecule has 0 amide bonds. The Kier molecular flexibility index (Phi) is 5.77. The van der Waals surface area contributed by atoms with E-state index in [0.717, 1.165) is 37.9 Å². The van der Waals surface area contributed by atoms with Crippen molar-refractivity contribution < 1.29 is 22.7 Å². The monoisotopic (exact) mass is 420 g/mol. The van der Waals surface area contributed by atoms with Crippen LogP contribution in [-0.2, 0) is 11.0 Å². The van der Waals surface area contributed by atoms with E-state index >= 15 is 0 Å². The Hall–Kier alpha value is -2.12. The quantitative estimate of drug-likeness (QED) is 0.664. The number of nitrogens with zero attached hydrogens (tertiary/aromatic N) is 1. The highest BCUT2D eigenvalue weighted by Gasteiger charge is 2.50. The topological polar surface area (TPSA) is 43.4 Å². The van der Waals surface area contributed by atoms with Crippen molar-refractivity contribution in [1.82, 2.24) is 10.5 Å². The molecule has 162 valence electrons. The molecule has 0 radical (unpaired) electrons. The molecular formula is C23H27F3N2O2. The van der Waals surface area contributed by atoms with Gasteiger partial charge in [0, 0.05) is 24.1 Å². The summed E-state index contributed by atoms with van der Waals surface area (Å²) in [7, 11) is 0. The highest BCUT2D eigenvalue weighted by molar-refractivity contribution is 5.36. The number of hydroxylamine groups is 1. The van der Waals surface area contributed by atoms with Crippen LogP contribution in [0.2, 0.25) is 0 Å². The fourth-order valence-electron chi connectivity index (χ4n) is 4.72. The minimum absolute atomic E-state index is 0.193. The zero-order chi connectivity index (χ0) is 21.4.